The molecule has 1 spiro atoms. The van der Waals surface area contributed by atoms with Gasteiger partial charge in [0.15, 0.2) is 0 Å². The molecule has 0 bridgehead atoms. The number of alkyl halides is 2. The lowest BCUT2D eigenvalue weighted by Crippen LogP contribution is -2.50. The van der Waals surface area contributed by atoms with E-state index < -0.39 is 6.43 Å². The van der Waals surface area contributed by atoms with Crippen molar-refractivity contribution in [3.63, 3.8) is 0 Å². The topological polar surface area (TPSA) is 32.7 Å². The molecule has 0 saturated carbocycles. The second-order valence-electron chi connectivity index (χ2n) is 5.09. The first-order valence-electron chi connectivity index (χ1n) is 6.50. The first kappa shape index (κ1) is 14.5. The molecule has 2 aliphatic rings. The second kappa shape index (κ2) is 6.50. The molecule has 2 rings (SSSR count). The second-order valence-corrected chi connectivity index (χ2v) is 6.20. The van der Waals surface area contributed by atoms with E-state index in [-0.39, 0.29) is 24.8 Å². The molecule has 3 nitrogen and oxygen atoms in total. The van der Waals surface area contributed by atoms with Crippen LogP contribution in [0.5, 0.6) is 0 Å². The van der Waals surface area contributed by atoms with Crippen LogP contribution in [0.2, 0.25) is 0 Å². The van der Waals surface area contributed by atoms with Crippen LogP contribution in [-0.4, -0.2) is 65.9 Å². The van der Waals surface area contributed by atoms with Crippen molar-refractivity contribution in [2.24, 2.45) is 0 Å². The van der Waals surface area contributed by atoms with Crippen LogP contribution in [-0.2, 0) is 4.74 Å². The number of halogens is 2. The highest BCUT2D eigenvalue weighted by atomic mass is 32.2. The molecule has 18 heavy (non-hydrogen) atoms. The average molecular weight is 281 g/mol. The number of rotatable bonds is 5. The van der Waals surface area contributed by atoms with E-state index in [4.69, 9.17) is 9.84 Å². The van der Waals surface area contributed by atoms with E-state index >= 15 is 0 Å². The number of nitrogens with zero attached hydrogens (tertiary/aromatic N) is 1. The summed E-state index contributed by atoms with van der Waals surface area (Å²) in [7, 11) is 0. The van der Waals surface area contributed by atoms with E-state index in [1.807, 2.05) is 11.8 Å². The molecule has 6 heteroatoms. The highest BCUT2D eigenvalue weighted by molar-refractivity contribution is 7.99. The molecule has 0 aromatic heterocycles. The van der Waals surface area contributed by atoms with E-state index in [1.54, 1.807) is 4.90 Å². The Balaban J connectivity index is 1.96. The van der Waals surface area contributed by atoms with Gasteiger partial charge in [-0.3, -0.25) is 4.90 Å². The predicted molar refractivity (Wildman–Crippen MR) is 68.3 cm³/mol. The van der Waals surface area contributed by atoms with E-state index in [9.17, 15) is 8.78 Å². The van der Waals surface area contributed by atoms with Gasteiger partial charge in [0, 0.05) is 24.9 Å². The van der Waals surface area contributed by atoms with Crippen LogP contribution in [0.4, 0.5) is 8.78 Å². The van der Waals surface area contributed by atoms with E-state index in [1.165, 1.54) is 0 Å². The third kappa shape index (κ3) is 3.56. The summed E-state index contributed by atoms with van der Waals surface area (Å²) in [6.45, 7) is 0.675. The van der Waals surface area contributed by atoms with Crippen LogP contribution >= 0.6 is 11.8 Å². The molecule has 106 valence electrons. The minimum absolute atomic E-state index is 0.0637. The van der Waals surface area contributed by atoms with Crippen molar-refractivity contribution in [1.29, 1.82) is 0 Å². The van der Waals surface area contributed by atoms with Crippen molar-refractivity contribution >= 4 is 11.8 Å². The zero-order chi connectivity index (χ0) is 13.0. The van der Waals surface area contributed by atoms with Crippen molar-refractivity contribution in [1.82, 2.24) is 4.90 Å². The summed E-state index contributed by atoms with van der Waals surface area (Å²) in [6, 6.07) is 0.124. The van der Waals surface area contributed by atoms with Crippen LogP contribution in [0.15, 0.2) is 0 Å². The summed E-state index contributed by atoms with van der Waals surface area (Å²) in [6.07, 6.45) is 0.301. The highest BCUT2D eigenvalue weighted by Crippen LogP contribution is 2.39. The van der Waals surface area contributed by atoms with Gasteiger partial charge in [-0.2, -0.15) is 11.8 Å². The third-order valence-electron chi connectivity index (χ3n) is 3.81. The van der Waals surface area contributed by atoms with E-state index in [0.717, 1.165) is 30.8 Å². The maximum absolute atomic E-state index is 12.6. The summed E-state index contributed by atoms with van der Waals surface area (Å²) in [5, 5.41) is 9.02. The Labute approximate surface area is 111 Å². The van der Waals surface area contributed by atoms with Gasteiger partial charge in [0.2, 0.25) is 0 Å². The largest absolute Gasteiger partial charge is 0.395 e. The van der Waals surface area contributed by atoms with Gasteiger partial charge >= 0.3 is 0 Å². The summed E-state index contributed by atoms with van der Waals surface area (Å²) in [5.41, 5.74) is -0.0938. The summed E-state index contributed by atoms with van der Waals surface area (Å²) < 4.78 is 31.0. The van der Waals surface area contributed by atoms with Gasteiger partial charge in [0.1, 0.15) is 0 Å². The van der Waals surface area contributed by atoms with Crippen LogP contribution < -0.4 is 0 Å². The molecule has 1 N–H and O–H groups in total. The minimum atomic E-state index is -2.34. The van der Waals surface area contributed by atoms with Crippen molar-refractivity contribution in [2.75, 3.05) is 37.8 Å². The summed E-state index contributed by atoms with van der Waals surface area (Å²) in [4.78, 5) is 1.73. The molecule has 0 aromatic carbocycles. The Morgan fingerprint density at radius 1 is 1.50 bits per heavy atom. The van der Waals surface area contributed by atoms with Gasteiger partial charge in [0.25, 0.3) is 6.43 Å². The van der Waals surface area contributed by atoms with Gasteiger partial charge in [-0.25, -0.2) is 8.78 Å². The van der Waals surface area contributed by atoms with Gasteiger partial charge in [-0.15, -0.1) is 0 Å². The lowest BCUT2D eigenvalue weighted by atomic mass is 9.89. The molecular weight excluding hydrogens is 260 g/mol. The van der Waals surface area contributed by atoms with E-state index in [2.05, 4.69) is 0 Å². The molecule has 2 saturated heterocycles. The highest BCUT2D eigenvalue weighted by Gasteiger charge is 2.42. The molecule has 2 unspecified atom stereocenters. The van der Waals surface area contributed by atoms with Crippen molar-refractivity contribution in [3.8, 4) is 0 Å². The Hall–Kier alpha value is 0.0900. The molecule has 2 atom stereocenters. The fourth-order valence-corrected chi connectivity index (χ4v) is 4.28. The molecule has 2 fully saturated rings. The van der Waals surface area contributed by atoms with Crippen molar-refractivity contribution < 1.29 is 18.6 Å². The quantitative estimate of drug-likeness (QED) is 0.830. The number of aliphatic hydroxyl groups is 1. The molecule has 0 radical (unpaired) electrons. The number of thioether (sulfide) groups is 1. The summed E-state index contributed by atoms with van der Waals surface area (Å²) in [5.74, 6) is 2.08. The van der Waals surface area contributed by atoms with Crippen LogP contribution in [0, 0.1) is 0 Å². The normalized spacial score (nSPS) is 32.8. The van der Waals surface area contributed by atoms with Gasteiger partial charge < -0.3 is 9.84 Å². The number of hydrogen-bond donors (Lipinski definition) is 1. The van der Waals surface area contributed by atoms with Crippen LogP contribution in [0.3, 0.4) is 0 Å². The smallest absolute Gasteiger partial charge is 0.251 e. The van der Waals surface area contributed by atoms with Crippen molar-refractivity contribution in [3.05, 3.63) is 0 Å². The molecule has 0 aromatic rings. The number of aliphatic hydroxyl groups excluding tert-OH is 1. The Kier molecular flexibility index (Phi) is 5.24. The standard InChI is InChI=1S/C12H21F2NO2S/c13-11(14)8-15(3-4-16)10-1-5-17-12(7-10)2-6-18-9-12/h10-11,16H,1-9H2. The van der Waals surface area contributed by atoms with Gasteiger partial charge in [-0.05, 0) is 25.0 Å². The lowest BCUT2D eigenvalue weighted by molar-refractivity contribution is -0.0960. The monoisotopic (exact) mass is 281 g/mol. The zero-order valence-electron chi connectivity index (χ0n) is 10.5. The SMILES string of the molecule is OCCN(CC(F)F)C1CCOC2(CCSC2)C1. The zero-order valence-corrected chi connectivity index (χ0v) is 11.3. The Morgan fingerprint density at radius 2 is 2.33 bits per heavy atom. The Morgan fingerprint density at radius 3 is 2.94 bits per heavy atom. The molecule has 0 amide bonds. The predicted octanol–water partition coefficient (Wildman–Crippen LogP) is 1.60. The van der Waals surface area contributed by atoms with E-state index in [0.29, 0.717) is 13.2 Å². The molecular formula is C12H21F2NO2S. The van der Waals surface area contributed by atoms with Gasteiger partial charge in [0.05, 0.1) is 18.8 Å². The first-order valence-corrected chi connectivity index (χ1v) is 7.65. The fraction of sp³-hybridized carbons (Fsp3) is 1.00. The molecule has 0 aliphatic carbocycles. The van der Waals surface area contributed by atoms with Gasteiger partial charge in [-0.1, -0.05) is 0 Å². The van der Waals surface area contributed by atoms with Crippen LogP contribution in [0.25, 0.3) is 0 Å². The number of ether oxygens (including phenoxy) is 1. The maximum atomic E-state index is 12.6. The minimum Gasteiger partial charge on any atom is -0.395 e. The number of hydrogen-bond acceptors (Lipinski definition) is 4. The lowest BCUT2D eigenvalue weighted by Gasteiger charge is -2.42. The maximum Gasteiger partial charge on any atom is 0.251 e. The summed E-state index contributed by atoms with van der Waals surface area (Å²) >= 11 is 1.88. The molecule has 2 heterocycles. The Bertz CT molecular complexity index is 262. The third-order valence-corrected chi connectivity index (χ3v) is 5.03. The fourth-order valence-electron chi connectivity index (χ4n) is 2.91. The van der Waals surface area contributed by atoms with Crippen LogP contribution in [0.1, 0.15) is 19.3 Å². The first-order chi connectivity index (χ1) is 8.65. The average Bonchev–Trinajstić information content (AvgIpc) is 2.76. The van der Waals surface area contributed by atoms with Crippen molar-refractivity contribution in [2.45, 2.75) is 37.3 Å². The molecule has 2 aliphatic heterocycles.